The van der Waals surface area contributed by atoms with Gasteiger partial charge in [-0.3, -0.25) is 0 Å². The van der Waals surface area contributed by atoms with Gasteiger partial charge in [0, 0.05) is 27.6 Å². The van der Waals surface area contributed by atoms with E-state index in [9.17, 15) is 0 Å². The molecule has 0 saturated heterocycles. The molecular weight excluding hydrogens is 280 g/mol. The molecule has 0 atom stereocenters. The highest BCUT2D eigenvalue weighted by molar-refractivity contribution is 5.95. The van der Waals surface area contributed by atoms with Gasteiger partial charge >= 0.3 is 0 Å². The zero-order valence-corrected chi connectivity index (χ0v) is 12.5. The summed E-state index contributed by atoms with van der Waals surface area (Å²) in [4.78, 5) is 0. The summed E-state index contributed by atoms with van der Waals surface area (Å²) >= 11 is 0. The minimum Gasteiger partial charge on any atom is -0.464 e. The van der Waals surface area contributed by atoms with E-state index in [0.717, 1.165) is 33.2 Å². The van der Waals surface area contributed by atoms with Gasteiger partial charge in [-0.05, 0) is 24.3 Å². The molecule has 0 saturated carbocycles. The van der Waals surface area contributed by atoms with E-state index in [2.05, 4.69) is 24.0 Å². The van der Waals surface area contributed by atoms with Crippen LogP contribution in [-0.4, -0.2) is 0 Å². The molecule has 0 spiro atoms. The van der Waals surface area contributed by atoms with Crippen LogP contribution in [0.5, 0.6) is 0 Å². The van der Waals surface area contributed by atoms with Gasteiger partial charge in [-0.1, -0.05) is 66.4 Å². The van der Waals surface area contributed by atoms with Crippen molar-refractivity contribution >= 4 is 11.0 Å². The van der Waals surface area contributed by atoms with E-state index in [4.69, 9.17) is 4.42 Å². The van der Waals surface area contributed by atoms with Crippen LogP contribution in [0.3, 0.4) is 0 Å². The molecular formula is C22H14O. The second-order valence-corrected chi connectivity index (χ2v) is 5.31. The molecule has 4 rings (SSSR count). The summed E-state index contributed by atoms with van der Waals surface area (Å²) < 4.78 is 5.67. The Morgan fingerprint density at radius 2 is 1.35 bits per heavy atom. The second-order valence-electron chi connectivity index (χ2n) is 5.31. The number of furan rings is 1. The van der Waals surface area contributed by atoms with Crippen molar-refractivity contribution in [2.75, 3.05) is 0 Å². The summed E-state index contributed by atoms with van der Waals surface area (Å²) in [5, 5.41) is 1.11. The minimum atomic E-state index is 0.897. The highest BCUT2D eigenvalue weighted by Gasteiger charge is 2.10. The predicted octanol–water partition coefficient (Wildman–Crippen LogP) is 5.50. The average molecular weight is 294 g/mol. The maximum absolute atomic E-state index is 5.67. The van der Waals surface area contributed by atoms with Gasteiger partial charge in [0.05, 0.1) is 6.26 Å². The fourth-order valence-corrected chi connectivity index (χ4v) is 2.67. The summed E-state index contributed by atoms with van der Waals surface area (Å²) in [5.74, 6) is 6.52. The maximum Gasteiger partial charge on any atom is 0.134 e. The fraction of sp³-hybridized carbons (Fsp3) is 0. The average Bonchev–Trinajstić information content (AvgIpc) is 3.05. The van der Waals surface area contributed by atoms with Crippen molar-refractivity contribution in [3.05, 3.63) is 96.3 Å². The normalized spacial score (nSPS) is 10.3. The third-order valence-corrected chi connectivity index (χ3v) is 3.81. The number of rotatable bonds is 1. The Hall–Kier alpha value is -3.24. The Kier molecular flexibility index (Phi) is 3.42. The molecule has 0 fully saturated rings. The van der Waals surface area contributed by atoms with Crippen molar-refractivity contribution in [3.63, 3.8) is 0 Å². The van der Waals surface area contributed by atoms with Gasteiger partial charge in [0.25, 0.3) is 0 Å². The van der Waals surface area contributed by atoms with E-state index < -0.39 is 0 Å². The maximum atomic E-state index is 5.67. The van der Waals surface area contributed by atoms with Gasteiger partial charge in [-0.15, -0.1) is 0 Å². The molecule has 108 valence electrons. The summed E-state index contributed by atoms with van der Waals surface area (Å²) in [6.45, 7) is 0. The summed E-state index contributed by atoms with van der Waals surface area (Å²) in [6.07, 6.45) is 1.81. The van der Waals surface area contributed by atoms with Crippen LogP contribution in [0.2, 0.25) is 0 Å². The molecule has 1 heterocycles. The topological polar surface area (TPSA) is 13.1 Å². The van der Waals surface area contributed by atoms with E-state index in [1.807, 2.05) is 73.0 Å². The molecule has 0 radical (unpaired) electrons. The van der Waals surface area contributed by atoms with Crippen molar-refractivity contribution in [3.8, 4) is 23.0 Å². The number of hydrogen-bond donors (Lipinski definition) is 0. The molecule has 1 heteroatoms. The standard InChI is InChI=1S/C22H14O/c1-2-8-17(9-3-1)14-15-18-10-4-5-11-19(18)21-16-23-22-13-7-6-12-20(21)22/h1-13,16H. The third kappa shape index (κ3) is 2.63. The van der Waals surface area contributed by atoms with Gasteiger partial charge in [0.1, 0.15) is 5.58 Å². The molecule has 1 aromatic heterocycles. The van der Waals surface area contributed by atoms with E-state index in [-0.39, 0.29) is 0 Å². The first kappa shape index (κ1) is 13.4. The summed E-state index contributed by atoms with van der Waals surface area (Å²) in [6, 6.07) is 26.3. The van der Waals surface area contributed by atoms with Crippen LogP contribution < -0.4 is 0 Å². The fourth-order valence-electron chi connectivity index (χ4n) is 2.67. The smallest absolute Gasteiger partial charge is 0.134 e. The van der Waals surface area contributed by atoms with Crippen LogP contribution in [0.15, 0.2) is 89.5 Å². The molecule has 0 unspecified atom stereocenters. The quantitative estimate of drug-likeness (QED) is 0.422. The molecule has 0 aliphatic rings. The first-order valence-corrected chi connectivity index (χ1v) is 7.54. The van der Waals surface area contributed by atoms with Gasteiger partial charge in [-0.25, -0.2) is 0 Å². The largest absolute Gasteiger partial charge is 0.464 e. The van der Waals surface area contributed by atoms with Crippen molar-refractivity contribution in [1.29, 1.82) is 0 Å². The van der Waals surface area contributed by atoms with Crippen molar-refractivity contribution in [1.82, 2.24) is 0 Å². The zero-order chi connectivity index (χ0) is 15.5. The number of benzene rings is 3. The van der Waals surface area contributed by atoms with E-state index in [1.165, 1.54) is 0 Å². The van der Waals surface area contributed by atoms with Gasteiger partial charge in [0.15, 0.2) is 0 Å². The van der Waals surface area contributed by atoms with Gasteiger partial charge < -0.3 is 4.42 Å². The lowest BCUT2D eigenvalue weighted by Gasteiger charge is -2.02. The zero-order valence-electron chi connectivity index (χ0n) is 12.5. The Morgan fingerprint density at radius 3 is 2.26 bits per heavy atom. The minimum absolute atomic E-state index is 0.897. The lowest BCUT2D eigenvalue weighted by Crippen LogP contribution is -1.83. The van der Waals surface area contributed by atoms with Crippen LogP contribution in [0.25, 0.3) is 22.1 Å². The first-order chi connectivity index (χ1) is 11.4. The number of para-hydroxylation sites is 1. The molecule has 0 bridgehead atoms. The number of fused-ring (bicyclic) bond motifs is 1. The van der Waals surface area contributed by atoms with Crippen LogP contribution in [-0.2, 0) is 0 Å². The van der Waals surface area contributed by atoms with Crippen molar-refractivity contribution in [2.24, 2.45) is 0 Å². The monoisotopic (exact) mass is 294 g/mol. The molecule has 4 aromatic rings. The molecule has 0 N–H and O–H groups in total. The summed E-state index contributed by atoms with van der Waals surface area (Å²) in [7, 11) is 0. The van der Waals surface area contributed by atoms with Gasteiger partial charge in [0.2, 0.25) is 0 Å². The van der Waals surface area contributed by atoms with E-state index >= 15 is 0 Å². The predicted molar refractivity (Wildman–Crippen MR) is 94.1 cm³/mol. The molecule has 0 aliphatic carbocycles. The molecule has 3 aromatic carbocycles. The first-order valence-electron chi connectivity index (χ1n) is 7.54. The van der Waals surface area contributed by atoms with Crippen LogP contribution in [0.4, 0.5) is 0 Å². The second kappa shape index (κ2) is 5.87. The van der Waals surface area contributed by atoms with Gasteiger partial charge in [-0.2, -0.15) is 0 Å². The van der Waals surface area contributed by atoms with Crippen molar-refractivity contribution < 1.29 is 4.42 Å². The Labute approximate surface area is 135 Å². The highest BCUT2D eigenvalue weighted by atomic mass is 16.3. The van der Waals surface area contributed by atoms with Crippen molar-refractivity contribution in [2.45, 2.75) is 0 Å². The SMILES string of the molecule is C(#Cc1ccccc1-c1coc2ccccc12)c1ccccc1. The van der Waals surface area contributed by atoms with Crippen LogP contribution in [0, 0.1) is 11.8 Å². The summed E-state index contributed by atoms with van der Waals surface area (Å²) in [5.41, 5.74) is 5.09. The lowest BCUT2D eigenvalue weighted by atomic mass is 9.99. The molecule has 1 nitrogen and oxygen atoms in total. The lowest BCUT2D eigenvalue weighted by molar-refractivity contribution is 0.617. The van der Waals surface area contributed by atoms with Crippen LogP contribution >= 0.6 is 0 Å². The Morgan fingerprint density at radius 1 is 0.609 bits per heavy atom. The molecule has 0 amide bonds. The highest BCUT2D eigenvalue weighted by Crippen LogP contribution is 2.32. The Balaban J connectivity index is 1.84. The third-order valence-electron chi connectivity index (χ3n) is 3.81. The number of hydrogen-bond acceptors (Lipinski definition) is 1. The van der Waals surface area contributed by atoms with Crippen LogP contribution in [0.1, 0.15) is 11.1 Å². The van der Waals surface area contributed by atoms with E-state index in [1.54, 1.807) is 0 Å². The molecule has 0 aliphatic heterocycles. The Bertz CT molecular complexity index is 1010. The molecule has 23 heavy (non-hydrogen) atoms. The van der Waals surface area contributed by atoms with E-state index in [0.29, 0.717) is 0 Å².